The van der Waals surface area contributed by atoms with Crippen LogP contribution in [0.15, 0.2) is 12.4 Å². The molecule has 1 aliphatic heterocycles. The minimum Gasteiger partial charge on any atom is -0.388 e. The summed E-state index contributed by atoms with van der Waals surface area (Å²) in [4.78, 5) is 10.3. The number of aliphatic hydroxyl groups excluding tert-OH is 2. The molecule has 1 aromatic heterocycles. The normalized spacial score (nSPS) is 23.0. The highest BCUT2D eigenvalue weighted by molar-refractivity contribution is 5.33. The smallest absolute Gasteiger partial charge is 0.225 e. The SMILES string of the molecule is COCCNCc1cnc(N2CC(O)C(O)C2)nc1. The first-order valence-electron chi connectivity index (χ1n) is 6.32. The number of methoxy groups -OCH3 is 1. The Labute approximate surface area is 112 Å². The second-order valence-electron chi connectivity index (χ2n) is 4.60. The van der Waals surface area contributed by atoms with Crippen LogP contribution in [-0.2, 0) is 11.3 Å². The summed E-state index contributed by atoms with van der Waals surface area (Å²) in [7, 11) is 1.67. The van der Waals surface area contributed by atoms with Crippen LogP contribution < -0.4 is 10.2 Å². The van der Waals surface area contributed by atoms with E-state index >= 15 is 0 Å². The van der Waals surface area contributed by atoms with Crippen LogP contribution in [0.1, 0.15) is 5.56 Å². The quantitative estimate of drug-likeness (QED) is 0.556. The molecule has 0 aromatic carbocycles. The summed E-state index contributed by atoms with van der Waals surface area (Å²) in [6, 6.07) is 0. The molecule has 1 saturated heterocycles. The molecular formula is C12H20N4O3. The van der Waals surface area contributed by atoms with Crippen LogP contribution in [0.25, 0.3) is 0 Å². The van der Waals surface area contributed by atoms with Crippen LogP contribution in [0.2, 0.25) is 0 Å². The maximum Gasteiger partial charge on any atom is 0.225 e. The Morgan fingerprint density at radius 3 is 2.53 bits per heavy atom. The maximum atomic E-state index is 9.48. The first-order valence-corrected chi connectivity index (χ1v) is 6.32. The molecule has 1 fully saturated rings. The van der Waals surface area contributed by atoms with Gasteiger partial charge in [0.1, 0.15) is 0 Å². The number of anilines is 1. The van der Waals surface area contributed by atoms with Gasteiger partial charge in [-0.1, -0.05) is 0 Å². The number of aromatic nitrogens is 2. The van der Waals surface area contributed by atoms with Crippen molar-refractivity contribution in [3.8, 4) is 0 Å². The zero-order chi connectivity index (χ0) is 13.7. The highest BCUT2D eigenvalue weighted by Gasteiger charge is 2.30. The third-order valence-corrected chi connectivity index (χ3v) is 3.05. The molecule has 0 saturated carbocycles. The van der Waals surface area contributed by atoms with Crippen molar-refractivity contribution in [1.29, 1.82) is 0 Å². The average molecular weight is 268 g/mol. The Kier molecular flexibility index (Phi) is 5.03. The molecule has 2 rings (SSSR count). The molecule has 7 nitrogen and oxygen atoms in total. The van der Waals surface area contributed by atoms with E-state index in [0.717, 1.165) is 12.1 Å². The molecule has 3 N–H and O–H groups in total. The lowest BCUT2D eigenvalue weighted by Crippen LogP contribution is -2.24. The molecule has 0 aliphatic carbocycles. The van der Waals surface area contributed by atoms with Crippen molar-refractivity contribution >= 4 is 5.95 Å². The molecule has 2 atom stereocenters. The molecule has 7 heteroatoms. The van der Waals surface area contributed by atoms with Crippen LogP contribution in [0, 0.1) is 0 Å². The summed E-state index contributed by atoms with van der Waals surface area (Å²) in [5.41, 5.74) is 0.986. The van der Waals surface area contributed by atoms with Gasteiger partial charge in [0, 0.05) is 51.2 Å². The molecule has 19 heavy (non-hydrogen) atoms. The summed E-state index contributed by atoms with van der Waals surface area (Å²) in [6.07, 6.45) is 2.05. The van der Waals surface area contributed by atoms with E-state index in [-0.39, 0.29) is 0 Å². The van der Waals surface area contributed by atoms with Crippen molar-refractivity contribution in [2.75, 3.05) is 38.3 Å². The lowest BCUT2D eigenvalue weighted by atomic mass is 10.3. The van der Waals surface area contributed by atoms with E-state index in [1.807, 2.05) is 0 Å². The lowest BCUT2D eigenvalue weighted by Gasteiger charge is -2.14. The Morgan fingerprint density at radius 2 is 1.95 bits per heavy atom. The number of nitrogens with zero attached hydrogens (tertiary/aromatic N) is 3. The fraction of sp³-hybridized carbons (Fsp3) is 0.667. The molecule has 1 aromatic rings. The first kappa shape index (κ1) is 14.1. The number of β-amino-alcohol motifs (C(OH)–C–C–N with tert-alkyl or cyclic N) is 2. The third-order valence-electron chi connectivity index (χ3n) is 3.05. The van der Waals surface area contributed by atoms with Crippen molar-refractivity contribution in [1.82, 2.24) is 15.3 Å². The Bertz CT molecular complexity index is 377. The summed E-state index contributed by atoms with van der Waals surface area (Å²) in [5, 5.41) is 22.2. The Balaban J connectivity index is 1.85. The van der Waals surface area contributed by atoms with Gasteiger partial charge in [0.15, 0.2) is 0 Å². The zero-order valence-electron chi connectivity index (χ0n) is 11.0. The van der Waals surface area contributed by atoms with Crippen LogP contribution in [0.3, 0.4) is 0 Å². The Morgan fingerprint density at radius 1 is 1.32 bits per heavy atom. The van der Waals surface area contributed by atoms with Crippen molar-refractivity contribution in [3.63, 3.8) is 0 Å². The van der Waals surface area contributed by atoms with Gasteiger partial charge in [-0.25, -0.2) is 9.97 Å². The number of hydrogen-bond acceptors (Lipinski definition) is 7. The van der Waals surface area contributed by atoms with Crippen LogP contribution >= 0.6 is 0 Å². The second-order valence-corrected chi connectivity index (χ2v) is 4.60. The lowest BCUT2D eigenvalue weighted by molar-refractivity contribution is 0.0572. The van der Waals surface area contributed by atoms with E-state index < -0.39 is 12.2 Å². The van der Waals surface area contributed by atoms with Gasteiger partial charge < -0.3 is 25.2 Å². The van der Waals surface area contributed by atoms with Gasteiger partial charge in [-0.2, -0.15) is 0 Å². The number of hydrogen-bond donors (Lipinski definition) is 3. The molecule has 2 unspecified atom stereocenters. The highest BCUT2D eigenvalue weighted by Crippen LogP contribution is 2.16. The molecule has 0 bridgehead atoms. The van der Waals surface area contributed by atoms with Gasteiger partial charge >= 0.3 is 0 Å². The monoisotopic (exact) mass is 268 g/mol. The minimum atomic E-state index is -0.723. The van der Waals surface area contributed by atoms with Gasteiger partial charge in [0.05, 0.1) is 18.8 Å². The number of rotatable bonds is 6. The number of ether oxygens (including phenoxy) is 1. The predicted molar refractivity (Wildman–Crippen MR) is 69.8 cm³/mol. The van der Waals surface area contributed by atoms with Gasteiger partial charge in [-0.3, -0.25) is 0 Å². The summed E-state index contributed by atoms with van der Waals surface area (Å²) in [5.74, 6) is 0.538. The van der Waals surface area contributed by atoms with E-state index in [1.165, 1.54) is 0 Å². The highest BCUT2D eigenvalue weighted by atomic mass is 16.5. The van der Waals surface area contributed by atoms with Crippen LogP contribution in [0.4, 0.5) is 5.95 Å². The van der Waals surface area contributed by atoms with Gasteiger partial charge in [-0.15, -0.1) is 0 Å². The maximum absolute atomic E-state index is 9.48. The summed E-state index contributed by atoms with van der Waals surface area (Å²) < 4.78 is 4.94. The largest absolute Gasteiger partial charge is 0.388 e. The van der Waals surface area contributed by atoms with Crippen molar-refractivity contribution in [2.45, 2.75) is 18.8 Å². The van der Waals surface area contributed by atoms with Gasteiger partial charge in [0.25, 0.3) is 0 Å². The predicted octanol–water partition coefficient (Wildman–Crippen LogP) is -1.25. The van der Waals surface area contributed by atoms with Crippen molar-refractivity contribution < 1.29 is 14.9 Å². The number of nitrogens with one attached hydrogen (secondary N) is 1. The van der Waals surface area contributed by atoms with E-state index in [1.54, 1.807) is 24.4 Å². The van der Waals surface area contributed by atoms with Crippen LogP contribution in [0.5, 0.6) is 0 Å². The summed E-state index contributed by atoms with van der Waals surface area (Å²) in [6.45, 7) is 2.87. The molecule has 0 amide bonds. The van der Waals surface area contributed by atoms with Gasteiger partial charge in [0.2, 0.25) is 5.95 Å². The zero-order valence-corrected chi connectivity index (χ0v) is 11.0. The van der Waals surface area contributed by atoms with Crippen LogP contribution in [-0.4, -0.2) is 65.7 Å². The molecule has 0 spiro atoms. The van der Waals surface area contributed by atoms with E-state index in [4.69, 9.17) is 4.74 Å². The fourth-order valence-electron chi connectivity index (χ4n) is 1.94. The molecule has 0 radical (unpaired) electrons. The third kappa shape index (κ3) is 3.84. The molecule has 2 heterocycles. The first-order chi connectivity index (χ1) is 9.20. The molecule has 106 valence electrons. The fourth-order valence-corrected chi connectivity index (χ4v) is 1.94. The standard InChI is InChI=1S/C12H20N4O3/c1-19-3-2-13-4-9-5-14-12(15-6-9)16-7-10(17)11(18)8-16/h5-6,10-11,13,17-18H,2-4,7-8H2,1H3. The molecule has 1 aliphatic rings. The average Bonchev–Trinajstić information content (AvgIpc) is 2.76. The Hall–Kier alpha value is -1.28. The topological polar surface area (TPSA) is 90.7 Å². The minimum absolute atomic E-state index is 0.368. The van der Waals surface area contributed by atoms with Gasteiger partial charge in [-0.05, 0) is 0 Å². The summed E-state index contributed by atoms with van der Waals surface area (Å²) >= 11 is 0. The van der Waals surface area contributed by atoms with E-state index in [2.05, 4.69) is 15.3 Å². The number of aliphatic hydroxyl groups is 2. The van der Waals surface area contributed by atoms with E-state index in [0.29, 0.717) is 32.2 Å². The van der Waals surface area contributed by atoms with Crippen molar-refractivity contribution in [2.24, 2.45) is 0 Å². The molecular weight excluding hydrogens is 248 g/mol. The van der Waals surface area contributed by atoms with E-state index in [9.17, 15) is 10.2 Å². The second kappa shape index (κ2) is 6.76. The van der Waals surface area contributed by atoms with Crippen molar-refractivity contribution in [3.05, 3.63) is 18.0 Å².